The second-order valence-corrected chi connectivity index (χ2v) is 5.86. The average molecular weight is 354 g/mol. The summed E-state index contributed by atoms with van der Waals surface area (Å²) >= 11 is 0. The van der Waals surface area contributed by atoms with Gasteiger partial charge in [-0.05, 0) is 23.8 Å². The SMILES string of the molecule is O=C(/C=C/c1ccc(O)c(O)c1)OC1C(O)CC(O)(C(=O)O)C[C@@H]1O. The average Bonchev–Trinajstić information content (AvgIpc) is 2.52. The molecule has 25 heavy (non-hydrogen) atoms. The highest BCUT2D eigenvalue weighted by molar-refractivity contribution is 5.87. The van der Waals surface area contributed by atoms with Crippen molar-refractivity contribution in [1.82, 2.24) is 0 Å². The number of carbonyl (C=O) groups is 2. The maximum atomic E-state index is 11.8. The largest absolute Gasteiger partial charge is 0.504 e. The molecule has 1 aromatic rings. The number of carboxylic acid groups (broad SMARTS) is 1. The van der Waals surface area contributed by atoms with E-state index in [0.717, 1.165) is 6.08 Å². The maximum absolute atomic E-state index is 11.8. The Hall–Kier alpha value is -2.62. The summed E-state index contributed by atoms with van der Waals surface area (Å²) in [6, 6.07) is 3.86. The summed E-state index contributed by atoms with van der Waals surface area (Å²) in [7, 11) is 0. The van der Waals surface area contributed by atoms with Crippen LogP contribution in [0.3, 0.4) is 0 Å². The molecule has 0 heterocycles. The van der Waals surface area contributed by atoms with E-state index in [1.807, 2.05) is 0 Å². The number of aliphatic hydroxyl groups is 3. The first-order valence-corrected chi connectivity index (χ1v) is 7.35. The Balaban J connectivity index is 2.01. The van der Waals surface area contributed by atoms with Gasteiger partial charge >= 0.3 is 11.9 Å². The van der Waals surface area contributed by atoms with Gasteiger partial charge in [0.25, 0.3) is 0 Å². The van der Waals surface area contributed by atoms with Gasteiger partial charge in [-0.15, -0.1) is 0 Å². The molecular formula is C16H18O9. The second kappa shape index (κ2) is 7.09. The molecule has 3 unspecified atom stereocenters. The van der Waals surface area contributed by atoms with Crippen LogP contribution in [0, 0.1) is 0 Å². The second-order valence-electron chi connectivity index (χ2n) is 5.86. The van der Waals surface area contributed by atoms with Crippen molar-refractivity contribution in [2.75, 3.05) is 0 Å². The molecular weight excluding hydrogens is 336 g/mol. The number of aliphatic hydroxyl groups excluding tert-OH is 2. The first kappa shape index (κ1) is 18.7. The summed E-state index contributed by atoms with van der Waals surface area (Å²) in [4.78, 5) is 22.8. The number of benzene rings is 1. The molecule has 4 atom stereocenters. The Labute approximate surface area is 142 Å². The first-order valence-electron chi connectivity index (χ1n) is 7.35. The van der Waals surface area contributed by atoms with Crippen molar-refractivity contribution in [2.24, 2.45) is 0 Å². The van der Waals surface area contributed by atoms with Crippen LogP contribution in [-0.2, 0) is 14.3 Å². The topological polar surface area (TPSA) is 165 Å². The first-order chi connectivity index (χ1) is 11.6. The number of ether oxygens (including phenoxy) is 1. The molecule has 0 aromatic heterocycles. The molecule has 9 heteroatoms. The van der Waals surface area contributed by atoms with Crippen LogP contribution >= 0.6 is 0 Å². The Bertz CT molecular complexity index is 685. The number of esters is 1. The fourth-order valence-electron chi connectivity index (χ4n) is 2.58. The van der Waals surface area contributed by atoms with Gasteiger partial charge < -0.3 is 35.4 Å². The highest BCUT2D eigenvalue weighted by Crippen LogP contribution is 2.31. The minimum absolute atomic E-state index is 0.320. The van der Waals surface area contributed by atoms with E-state index >= 15 is 0 Å². The summed E-state index contributed by atoms with van der Waals surface area (Å²) in [6.45, 7) is 0. The minimum atomic E-state index is -2.29. The maximum Gasteiger partial charge on any atom is 0.335 e. The third-order valence-corrected chi connectivity index (χ3v) is 3.91. The number of phenolic OH excluding ortho intramolecular Hbond substituents is 2. The lowest BCUT2D eigenvalue weighted by atomic mass is 9.79. The van der Waals surface area contributed by atoms with Crippen molar-refractivity contribution < 1.29 is 45.0 Å². The molecule has 1 fully saturated rings. The van der Waals surface area contributed by atoms with E-state index in [1.54, 1.807) is 0 Å². The lowest BCUT2D eigenvalue weighted by molar-refractivity contribution is -0.196. The standard InChI is InChI=1S/C16H18O9/c17-9-3-1-8(5-10(9)18)2-4-13(21)25-14-11(19)6-16(24,15(22)23)7-12(14)20/h1-5,11-12,14,17-20,24H,6-7H2,(H,22,23)/b4-2+/t11-,12?,14?,16?/m0/s1. The van der Waals surface area contributed by atoms with Gasteiger partial charge in [0.1, 0.15) is 0 Å². The molecule has 0 radical (unpaired) electrons. The number of phenols is 2. The number of hydrogen-bond acceptors (Lipinski definition) is 8. The lowest BCUT2D eigenvalue weighted by Gasteiger charge is -2.39. The number of aliphatic carboxylic acids is 1. The fraction of sp³-hybridized carbons (Fsp3) is 0.375. The summed E-state index contributed by atoms with van der Waals surface area (Å²) in [5.41, 5.74) is -1.90. The van der Waals surface area contributed by atoms with Crippen LogP contribution in [0.1, 0.15) is 18.4 Å². The zero-order valence-electron chi connectivity index (χ0n) is 12.9. The van der Waals surface area contributed by atoms with Crippen molar-refractivity contribution in [3.05, 3.63) is 29.8 Å². The van der Waals surface area contributed by atoms with Gasteiger partial charge in [0.15, 0.2) is 23.2 Å². The van der Waals surface area contributed by atoms with Crippen molar-refractivity contribution in [1.29, 1.82) is 0 Å². The Kier molecular flexibility index (Phi) is 5.31. The van der Waals surface area contributed by atoms with Gasteiger partial charge in [-0.25, -0.2) is 9.59 Å². The van der Waals surface area contributed by atoms with E-state index in [-0.39, 0.29) is 11.5 Å². The number of rotatable bonds is 4. The van der Waals surface area contributed by atoms with E-state index in [9.17, 15) is 35.1 Å². The number of carboxylic acids is 1. The monoisotopic (exact) mass is 354 g/mol. The normalized spacial score (nSPS) is 29.5. The molecule has 0 bridgehead atoms. The van der Waals surface area contributed by atoms with Gasteiger partial charge in [0.2, 0.25) is 0 Å². The molecule has 1 aliphatic rings. The predicted octanol–water partition coefficient (Wildman–Crippen LogP) is -0.646. The Morgan fingerprint density at radius 3 is 2.24 bits per heavy atom. The summed E-state index contributed by atoms with van der Waals surface area (Å²) < 4.78 is 4.92. The third kappa shape index (κ3) is 4.27. The van der Waals surface area contributed by atoms with Crippen LogP contribution in [0.4, 0.5) is 0 Å². The van der Waals surface area contributed by atoms with Crippen LogP contribution in [0.25, 0.3) is 6.08 Å². The molecule has 9 nitrogen and oxygen atoms in total. The molecule has 6 N–H and O–H groups in total. The van der Waals surface area contributed by atoms with E-state index in [0.29, 0.717) is 5.56 Å². The number of aromatic hydroxyl groups is 2. The highest BCUT2D eigenvalue weighted by atomic mass is 16.6. The predicted molar refractivity (Wildman–Crippen MR) is 82.5 cm³/mol. The van der Waals surface area contributed by atoms with Crippen LogP contribution in [-0.4, -0.2) is 66.5 Å². The van der Waals surface area contributed by atoms with Crippen LogP contribution in [0.2, 0.25) is 0 Å². The quantitative estimate of drug-likeness (QED) is 0.234. The van der Waals surface area contributed by atoms with Gasteiger partial charge in [0.05, 0.1) is 12.2 Å². The molecule has 0 saturated heterocycles. The molecule has 0 amide bonds. The molecule has 0 spiro atoms. The van der Waals surface area contributed by atoms with Gasteiger partial charge in [0, 0.05) is 18.9 Å². The van der Waals surface area contributed by atoms with Gasteiger partial charge in [-0.1, -0.05) is 6.07 Å². The van der Waals surface area contributed by atoms with Crippen LogP contribution < -0.4 is 0 Å². The third-order valence-electron chi connectivity index (χ3n) is 3.91. The summed E-state index contributed by atoms with van der Waals surface area (Å²) in [5, 5.41) is 57.1. The Morgan fingerprint density at radius 1 is 1.12 bits per heavy atom. The van der Waals surface area contributed by atoms with E-state index < -0.39 is 48.7 Å². The molecule has 1 aliphatic carbocycles. The smallest absolute Gasteiger partial charge is 0.335 e. The van der Waals surface area contributed by atoms with E-state index in [4.69, 9.17) is 9.84 Å². The number of hydrogen-bond donors (Lipinski definition) is 6. The van der Waals surface area contributed by atoms with Crippen molar-refractivity contribution >= 4 is 18.0 Å². The molecule has 0 aliphatic heterocycles. The van der Waals surface area contributed by atoms with Gasteiger partial charge in [-0.2, -0.15) is 0 Å². The number of carbonyl (C=O) groups excluding carboxylic acids is 1. The zero-order chi connectivity index (χ0) is 18.8. The van der Waals surface area contributed by atoms with E-state index in [2.05, 4.69) is 0 Å². The fourth-order valence-corrected chi connectivity index (χ4v) is 2.58. The van der Waals surface area contributed by atoms with Crippen molar-refractivity contribution in [2.45, 2.75) is 36.8 Å². The van der Waals surface area contributed by atoms with Crippen LogP contribution in [0.5, 0.6) is 11.5 Å². The van der Waals surface area contributed by atoms with Crippen LogP contribution in [0.15, 0.2) is 24.3 Å². The molecule has 1 saturated carbocycles. The van der Waals surface area contributed by atoms with Gasteiger partial charge in [-0.3, -0.25) is 0 Å². The minimum Gasteiger partial charge on any atom is -0.504 e. The molecule has 136 valence electrons. The van der Waals surface area contributed by atoms with Crippen molar-refractivity contribution in [3.63, 3.8) is 0 Å². The molecule has 1 aromatic carbocycles. The lowest BCUT2D eigenvalue weighted by Crippen LogP contribution is -2.57. The van der Waals surface area contributed by atoms with E-state index in [1.165, 1.54) is 24.3 Å². The van der Waals surface area contributed by atoms with Crippen molar-refractivity contribution in [3.8, 4) is 11.5 Å². The zero-order valence-corrected chi connectivity index (χ0v) is 12.9. The highest BCUT2D eigenvalue weighted by Gasteiger charge is 2.50. The molecule has 2 rings (SSSR count). The summed E-state index contributed by atoms with van der Waals surface area (Å²) in [5.74, 6) is -3.19. The Morgan fingerprint density at radius 2 is 1.72 bits per heavy atom. The summed E-state index contributed by atoms with van der Waals surface area (Å²) in [6.07, 6.45) is -3.43.